The van der Waals surface area contributed by atoms with E-state index < -0.39 is 6.09 Å². The smallest absolute Gasteiger partial charge is 0.407 e. The molecule has 6 heteroatoms. The van der Waals surface area contributed by atoms with Gasteiger partial charge in [-0.25, -0.2) is 4.79 Å². The van der Waals surface area contributed by atoms with Gasteiger partial charge in [0.15, 0.2) is 0 Å². The summed E-state index contributed by atoms with van der Waals surface area (Å²) in [6, 6.07) is 0. The average Bonchev–Trinajstić information content (AvgIpc) is 2.42. The van der Waals surface area contributed by atoms with Gasteiger partial charge in [0.25, 0.3) is 0 Å². The Balaban J connectivity index is 2.41. The lowest BCUT2D eigenvalue weighted by molar-refractivity contribution is -0.130. The predicted octanol–water partition coefficient (Wildman–Crippen LogP) is 1.41. The van der Waals surface area contributed by atoms with E-state index in [1.54, 1.807) is 4.90 Å². The minimum atomic E-state index is -0.929. The van der Waals surface area contributed by atoms with Gasteiger partial charge in [-0.3, -0.25) is 4.79 Å². The Hall–Kier alpha value is -0.530. The zero-order valence-corrected chi connectivity index (χ0v) is 11.4. The van der Waals surface area contributed by atoms with Crippen LogP contribution in [0.25, 0.3) is 0 Å². The molecule has 1 aliphatic rings. The summed E-state index contributed by atoms with van der Waals surface area (Å²) in [5.41, 5.74) is 0. The van der Waals surface area contributed by atoms with Crippen LogP contribution in [0.1, 0.15) is 19.3 Å². The molecule has 0 unspecified atom stereocenters. The molecule has 0 aromatic rings. The monoisotopic (exact) mass is 340 g/mol. The van der Waals surface area contributed by atoms with Crippen LogP contribution < -0.4 is 0 Å². The molecule has 1 fully saturated rings. The number of carbonyl (C=O) groups excluding carboxylic acids is 1. The molecule has 0 bridgehead atoms. The molecule has 0 aliphatic carbocycles. The third-order valence-electron chi connectivity index (χ3n) is 2.67. The van der Waals surface area contributed by atoms with E-state index in [2.05, 4.69) is 22.6 Å². The molecule has 92 valence electrons. The molecule has 16 heavy (non-hydrogen) atoms. The number of nitrogens with zero attached hydrogens (tertiary/aromatic N) is 2. The molecule has 1 saturated heterocycles. The third-order valence-corrected chi connectivity index (χ3v) is 3.43. The second-order valence-corrected chi connectivity index (χ2v) is 4.88. The second-order valence-electron chi connectivity index (χ2n) is 3.80. The first-order valence-corrected chi connectivity index (χ1v) is 6.99. The summed E-state index contributed by atoms with van der Waals surface area (Å²) in [4.78, 5) is 25.6. The van der Waals surface area contributed by atoms with Crippen molar-refractivity contribution in [1.82, 2.24) is 9.80 Å². The fraction of sp³-hybridized carbons (Fsp3) is 0.800. The van der Waals surface area contributed by atoms with Crippen molar-refractivity contribution in [2.75, 3.05) is 30.6 Å². The number of rotatable bonds is 4. The van der Waals surface area contributed by atoms with Crippen LogP contribution in [0.15, 0.2) is 0 Å². The zero-order chi connectivity index (χ0) is 12.0. The predicted molar refractivity (Wildman–Crippen MR) is 68.9 cm³/mol. The molecule has 1 heterocycles. The minimum Gasteiger partial charge on any atom is -0.465 e. The highest BCUT2D eigenvalue weighted by atomic mass is 127. The molecule has 0 spiro atoms. The number of amides is 2. The molecule has 1 rings (SSSR count). The van der Waals surface area contributed by atoms with Crippen LogP contribution in [0.4, 0.5) is 4.79 Å². The van der Waals surface area contributed by atoms with Crippen LogP contribution in [-0.4, -0.2) is 57.5 Å². The summed E-state index contributed by atoms with van der Waals surface area (Å²) >= 11 is 2.32. The van der Waals surface area contributed by atoms with Crippen LogP contribution >= 0.6 is 22.6 Å². The SMILES string of the molecule is O=C(O)N1CCC(=O)N(CCCCI)CC1. The number of hydrogen-bond acceptors (Lipinski definition) is 2. The van der Waals surface area contributed by atoms with E-state index in [0.717, 1.165) is 23.8 Å². The minimum absolute atomic E-state index is 0.0807. The van der Waals surface area contributed by atoms with Crippen LogP contribution in [0, 0.1) is 0 Å². The highest BCUT2D eigenvalue weighted by molar-refractivity contribution is 14.1. The third kappa shape index (κ3) is 4.15. The van der Waals surface area contributed by atoms with Crippen LogP contribution in [-0.2, 0) is 4.79 Å². The molecule has 1 aliphatic heterocycles. The van der Waals surface area contributed by atoms with Crippen molar-refractivity contribution >= 4 is 34.6 Å². The maximum absolute atomic E-state index is 11.7. The first-order valence-electron chi connectivity index (χ1n) is 5.46. The standard InChI is InChI=1S/C10H17IN2O3/c11-4-1-2-5-12-7-8-13(10(15)16)6-3-9(12)14/h1-8H2,(H,15,16). The Labute approximate surface area is 109 Å². The Morgan fingerprint density at radius 2 is 2.06 bits per heavy atom. The van der Waals surface area contributed by atoms with Gasteiger partial charge >= 0.3 is 6.09 Å². The van der Waals surface area contributed by atoms with E-state index in [1.165, 1.54) is 4.90 Å². The molecule has 0 aromatic heterocycles. The van der Waals surface area contributed by atoms with E-state index in [-0.39, 0.29) is 5.91 Å². The summed E-state index contributed by atoms with van der Waals surface area (Å²) in [6.45, 7) is 2.06. The zero-order valence-electron chi connectivity index (χ0n) is 9.19. The van der Waals surface area contributed by atoms with Gasteiger partial charge in [-0.2, -0.15) is 0 Å². The number of carbonyl (C=O) groups is 2. The van der Waals surface area contributed by atoms with Crippen molar-refractivity contribution in [3.8, 4) is 0 Å². The van der Waals surface area contributed by atoms with Gasteiger partial charge in [-0.05, 0) is 17.3 Å². The first-order chi connectivity index (χ1) is 7.65. The fourth-order valence-corrected chi connectivity index (χ4v) is 2.23. The maximum Gasteiger partial charge on any atom is 0.407 e. The fourth-order valence-electron chi connectivity index (χ4n) is 1.69. The molecule has 0 saturated carbocycles. The number of halogens is 1. The maximum atomic E-state index is 11.7. The molecule has 0 radical (unpaired) electrons. The Morgan fingerprint density at radius 1 is 1.31 bits per heavy atom. The summed E-state index contributed by atoms with van der Waals surface area (Å²) in [5, 5.41) is 8.85. The van der Waals surface area contributed by atoms with Gasteiger partial charge in [-0.1, -0.05) is 22.6 Å². The van der Waals surface area contributed by atoms with Crippen molar-refractivity contribution in [2.45, 2.75) is 19.3 Å². The van der Waals surface area contributed by atoms with E-state index >= 15 is 0 Å². The molecule has 0 aromatic carbocycles. The highest BCUT2D eigenvalue weighted by Crippen LogP contribution is 2.07. The lowest BCUT2D eigenvalue weighted by Gasteiger charge is -2.20. The molecule has 1 N–H and O–H groups in total. The Morgan fingerprint density at radius 3 is 2.69 bits per heavy atom. The van der Waals surface area contributed by atoms with Crippen molar-refractivity contribution in [2.24, 2.45) is 0 Å². The number of hydrogen-bond donors (Lipinski definition) is 1. The van der Waals surface area contributed by atoms with Crippen LogP contribution in [0.5, 0.6) is 0 Å². The largest absolute Gasteiger partial charge is 0.465 e. The Kier molecular flexibility index (Phi) is 5.86. The number of carboxylic acid groups (broad SMARTS) is 1. The van der Waals surface area contributed by atoms with Crippen molar-refractivity contribution in [1.29, 1.82) is 0 Å². The number of alkyl halides is 1. The average molecular weight is 340 g/mol. The highest BCUT2D eigenvalue weighted by Gasteiger charge is 2.22. The summed E-state index contributed by atoms with van der Waals surface area (Å²) in [7, 11) is 0. The van der Waals surface area contributed by atoms with Crippen molar-refractivity contribution in [3.05, 3.63) is 0 Å². The normalized spacial score (nSPS) is 17.4. The van der Waals surface area contributed by atoms with E-state index in [1.807, 2.05) is 0 Å². The molecule has 2 amide bonds. The van der Waals surface area contributed by atoms with Crippen molar-refractivity contribution < 1.29 is 14.7 Å². The topological polar surface area (TPSA) is 60.9 Å². The van der Waals surface area contributed by atoms with Gasteiger partial charge in [0.1, 0.15) is 0 Å². The summed E-state index contributed by atoms with van der Waals surface area (Å²) < 4.78 is 1.10. The van der Waals surface area contributed by atoms with Crippen LogP contribution in [0.3, 0.4) is 0 Å². The van der Waals surface area contributed by atoms with Gasteiger partial charge in [0.2, 0.25) is 5.91 Å². The van der Waals surface area contributed by atoms with Crippen LogP contribution in [0.2, 0.25) is 0 Å². The Bertz CT molecular complexity index is 260. The van der Waals surface area contributed by atoms with Gasteiger partial charge < -0.3 is 14.9 Å². The first kappa shape index (κ1) is 13.5. The van der Waals surface area contributed by atoms with Crippen molar-refractivity contribution in [3.63, 3.8) is 0 Å². The lowest BCUT2D eigenvalue weighted by Crippen LogP contribution is -2.35. The molecular weight excluding hydrogens is 323 g/mol. The van der Waals surface area contributed by atoms with E-state index in [0.29, 0.717) is 26.1 Å². The van der Waals surface area contributed by atoms with E-state index in [4.69, 9.17) is 5.11 Å². The molecular formula is C10H17IN2O3. The summed E-state index contributed by atoms with van der Waals surface area (Å²) in [5.74, 6) is 0.0807. The van der Waals surface area contributed by atoms with E-state index in [9.17, 15) is 9.59 Å². The quantitative estimate of drug-likeness (QED) is 0.478. The summed E-state index contributed by atoms with van der Waals surface area (Å²) in [6.07, 6.45) is 1.49. The van der Waals surface area contributed by atoms with Gasteiger partial charge in [-0.15, -0.1) is 0 Å². The molecule has 5 nitrogen and oxygen atoms in total. The molecule has 0 atom stereocenters. The second kappa shape index (κ2) is 6.93. The van der Waals surface area contributed by atoms with Gasteiger partial charge in [0, 0.05) is 32.6 Å². The van der Waals surface area contributed by atoms with Gasteiger partial charge in [0.05, 0.1) is 0 Å². The lowest BCUT2D eigenvalue weighted by atomic mass is 10.3. The number of unbranched alkanes of at least 4 members (excludes halogenated alkanes) is 1.